The van der Waals surface area contributed by atoms with E-state index >= 15 is 0 Å². The van der Waals surface area contributed by atoms with Crippen molar-refractivity contribution in [2.75, 3.05) is 6.61 Å². The molecule has 5 nitrogen and oxygen atoms in total. The lowest BCUT2D eigenvalue weighted by Gasteiger charge is -2.21. The van der Waals surface area contributed by atoms with Crippen LogP contribution in [0.25, 0.3) is 0 Å². The molecule has 0 saturated carbocycles. The molecule has 0 spiro atoms. The Morgan fingerprint density at radius 2 is 1.81 bits per heavy atom. The summed E-state index contributed by atoms with van der Waals surface area (Å²) in [5.74, 6) is -1.61. The number of ketones is 1. The van der Waals surface area contributed by atoms with Crippen LogP contribution in [0.15, 0.2) is 0 Å². The number of Topliss-reactive ketones (excluding diaryl/α,β-unsaturated/α-hetero) is 1. The van der Waals surface area contributed by atoms with E-state index in [2.05, 4.69) is 0 Å². The summed E-state index contributed by atoms with van der Waals surface area (Å²) in [7, 11) is 0. The minimum Gasteiger partial charge on any atom is -0.463 e. The van der Waals surface area contributed by atoms with Gasteiger partial charge in [-0.25, -0.2) is 4.79 Å². The smallest absolute Gasteiger partial charge is 0.345 e. The molecule has 16 heavy (non-hydrogen) atoms. The maximum absolute atomic E-state index is 11.4. The first-order chi connectivity index (χ1) is 7.19. The first kappa shape index (κ1) is 15.1. The van der Waals surface area contributed by atoms with Crippen molar-refractivity contribution in [3.63, 3.8) is 0 Å². The van der Waals surface area contributed by atoms with Gasteiger partial charge in [0, 0.05) is 0 Å². The molecular weight excluding hydrogens is 212 g/mol. The van der Waals surface area contributed by atoms with Crippen molar-refractivity contribution in [1.82, 2.24) is 0 Å². The van der Waals surface area contributed by atoms with Gasteiger partial charge in [0.15, 0.2) is 0 Å². The molecule has 2 unspecified atom stereocenters. The second-order valence-electron chi connectivity index (χ2n) is 4.43. The van der Waals surface area contributed by atoms with E-state index in [1.807, 2.05) is 13.8 Å². The van der Waals surface area contributed by atoms with Crippen LogP contribution in [0.3, 0.4) is 0 Å². The zero-order valence-electron chi connectivity index (χ0n) is 10.2. The fraction of sp³-hybridized carbons (Fsp3) is 0.818. The average Bonchev–Trinajstić information content (AvgIpc) is 2.15. The largest absolute Gasteiger partial charge is 0.463 e. The monoisotopic (exact) mass is 232 g/mol. The zero-order chi connectivity index (χ0) is 12.9. The van der Waals surface area contributed by atoms with Gasteiger partial charge >= 0.3 is 5.97 Å². The van der Waals surface area contributed by atoms with Crippen LogP contribution in [0.1, 0.15) is 34.1 Å². The van der Waals surface area contributed by atoms with Crippen molar-refractivity contribution in [3.8, 4) is 0 Å². The Labute approximate surface area is 95.4 Å². The molecule has 0 aromatic carbocycles. The second kappa shape index (κ2) is 5.96. The third-order valence-electron chi connectivity index (χ3n) is 2.19. The van der Waals surface area contributed by atoms with Crippen LogP contribution in [0, 0.1) is 5.92 Å². The highest BCUT2D eigenvalue weighted by Gasteiger charge is 2.42. The lowest BCUT2D eigenvalue weighted by Crippen LogP contribution is -2.49. The second-order valence-corrected chi connectivity index (χ2v) is 4.43. The van der Waals surface area contributed by atoms with Crippen LogP contribution in [0.2, 0.25) is 0 Å². The van der Waals surface area contributed by atoms with Gasteiger partial charge in [0.05, 0.1) is 6.61 Å². The van der Waals surface area contributed by atoms with Gasteiger partial charge in [-0.15, -0.1) is 0 Å². The van der Waals surface area contributed by atoms with Gasteiger partial charge in [0.2, 0.25) is 11.4 Å². The first-order valence-corrected chi connectivity index (χ1v) is 5.31. The molecule has 0 heterocycles. The van der Waals surface area contributed by atoms with E-state index in [0.29, 0.717) is 12.3 Å². The van der Waals surface area contributed by atoms with Crippen molar-refractivity contribution in [2.24, 2.45) is 5.92 Å². The first-order valence-electron chi connectivity index (χ1n) is 5.31. The Morgan fingerprint density at radius 1 is 1.31 bits per heavy atom. The standard InChI is InChI=1S/C11H20O5/c1-7(2)5-6-16-10(14)11(4,15)9(13)8(3)12/h7-8,12,15H,5-6H2,1-4H3. The summed E-state index contributed by atoms with van der Waals surface area (Å²) in [6, 6.07) is 0. The SMILES string of the molecule is CC(C)CCOC(=O)C(C)(O)C(=O)C(C)O. The maximum atomic E-state index is 11.4. The molecule has 0 saturated heterocycles. The highest BCUT2D eigenvalue weighted by atomic mass is 16.6. The van der Waals surface area contributed by atoms with Crippen molar-refractivity contribution in [1.29, 1.82) is 0 Å². The third-order valence-corrected chi connectivity index (χ3v) is 2.19. The summed E-state index contributed by atoms with van der Waals surface area (Å²) in [6.07, 6.45) is -0.738. The minimum atomic E-state index is -2.27. The Balaban J connectivity index is 4.30. The number of rotatable bonds is 6. The van der Waals surface area contributed by atoms with Crippen molar-refractivity contribution in [3.05, 3.63) is 0 Å². The summed E-state index contributed by atoms with van der Waals surface area (Å²) >= 11 is 0. The zero-order valence-corrected chi connectivity index (χ0v) is 10.2. The Hall–Kier alpha value is -0.940. The number of ether oxygens (including phenoxy) is 1. The topological polar surface area (TPSA) is 83.8 Å². The Bertz CT molecular complexity index is 255. The van der Waals surface area contributed by atoms with Crippen molar-refractivity contribution >= 4 is 11.8 Å². The summed E-state index contributed by atoms with van der Waals surface area (Å²) in [5.41, 5.74) is -2.27. The molecule has 0 bridgehead atoms. The van der Waals surface area contributed by atoms with E-state index < -0.39 is 23.5 Å². The number of esters is 1. The molecule has 2 N–H and O–H groups in total. The normalized spacial score (nSPS) is 16.7. The molecule has 0 fully saturated rings. The highest BCUT2D eigenvalue weighted by molar-refractivity contribution is 6.08. The van der Waals surface area contributed by atoms with Gasteiger partial charge < -0.3 is 14.9 Å². The minimum absolute atomic E-state index is 0.153. The molecule has 0 aromatic rings. The van der Waals surface area contributed by atoms with Gasteiger partial charge in [-0.3, -0.25) is 4.79 Å². The predicted molar refractivity (Wildman–Crippen MR) is 57.7 cm³/mol. The lowest BCUT2D eigenvalue weighted by atomic mass is 9.97. The summed E-state index contributed by atoms with van der Waals surface area (Å²) < 4.78 is 4.77. The van der Waals surface area contributed by atoms with E-state index in [4.69, 9.17) is 9.84 Å². The maximum Gasteiger partial charge on any atom is 0.345 e. The quantitative estimate of drug-likeness (QED) is 0.507. The van der Waals surface area contributed by atoms with E-state index in [-0.39, 0.29) is 6.61 Å². The number of hydrogen-bond acceptors (Lipinski definition) is 5. The molecule has 0 amide bonds. The third kappa shape index (κ3) is 4.28. The molecule has 0 aliphatic carbocycles. The number of aliphatic hydroxyl groups is 2. The van der Waals surface area contributed by atoms with Crippen LogP contribution in [0.4, 0.5) is 0 Å². The van der Waals surface area contributed by atoms with Crippen LogP contribution < -0.4 is 0 Å². The fourth-order valence-electron chi connectivity index (χ4n) is 1.04. The highest BCUT2D eigenvalue weighted by Crippen LogP contribution is 2.11. The number of carbonyl (C=O) groups is 2. The summed E-state index contributed by atoms with van der Waals surface area (Å²) in [6.45, 7) is 6.30. The number of aliphatic hydroxyl groups excluding tert-OH is 1. The summed E-state index contributed by atoms with van der Waals surface area (Å²) in [4.78, 5) is 22.7. The van der Waals surface area contributed by atoms with Crippen molar-refractivity contribution < 1.29 is 24.5 Å². The Kier molecular flexibility index (Phi) is 5.61. The Morgan fingerprint density at radius 3 is 2.19 bits per heavy atom. The molecule has 0 aliphatic heterocycles. The van der Waals surface area contributed by atoms with Gasteiger partial charge in [-0.05, 0) is 26.2 Å². The molecule has 2 atom stereocenters. The van der Waals surface area contributed by atoms with Gasteiger partial charge in [0.25, 0.3) is 0 Å². The van der Waals surface area contributed by atoms with Gasteiger partial charge in [-0.2, -0.15) is 0 Å². The van der Waals surface area contributed by atoms with E-state index in [1.165, 1.54) is 6.92 Å². The van der Waals surface area contributed by atoms with Gasteiger partial charge in [0.1, 0.15) is 6.10 Å². The van der Waals surface area contributed by atoms with Gasteiger partial charge in [-0.1, -0.05) is 13.8 Å². The van der Waals surface area contributed by atoms with Crippen LogP contribution in [-0.2, 0) is 14.3 Å². The van der Waals surface area contributed by atoms with Crippen molar-refractivity contribution in [2.45, 2.75) is 45.8 Å². The molecule has 94 valence electrons. The molecule has 0 aromatic heterocycles. The van der Waals surface area contributed by atoms with Crippen LogP contribution in [0.5, 0.6) is 0 Å². The molecule has 0 aliphatic rings. The summed E-state index contributed by atoms with van der Waals surface area (Å²) in [5, 5.41) is 18.6. The van der Waals surface area contributed by atoms with Crippen LogP contribution in [-0.4, -0.2) is 40.3 Å². The number of carbonyl (C=O) groups excluding carboxylic acids is 2. The predicted octanol–water partition coefficient (Wildman–Crippen LogP) is 0.277. The van der Waals surface area contributed by atoms with E-state index in [0.717, 1.165) is 6.92 Å². The molecule has 0 rings (SSSR count). The molecular formula is C11H20O5. The van der Waals surface area contributed by atoms with E-state index in [9.17, 15) is 14.7 Å². The molecule has 5 heteroatoms. The number of hydrogen-bond donors (Lipinski definition) is 2. The fourth-order valence-corrected chi connectivity index (χ4v) is 1.04. The van der Waals surface area contributed by atoms with Crippen LogP contribution >= 0.6 is 0 Å². The lowest BCUT2D eigenvalue weighted by molar-refractivity contribution is -0.171. The molecule has 0 radical (unpaired) electrons. The van der Waals surface area contributed by atoms with E-state index in [1.54, 1.807) is 0 Å². The average molecular weight is 232 g/mol.